The van der Waals surface area contributed by atoms with Crippen molar-refractivity contribution in [1.29, 1.82) is 0 Å². The maximum absolute atomic E-state index is 14.1. The largest absolute Gasteiger partial charge is 0.474 e. The van der Waals surface area contributed by atoms with E-state index in [9.17, 15) is 9.18 Å². The van der Waals surface area contributed by atoms with Gasteiger partial charge in [-0.2, -0.15) is 0 Å². The van der Waals surface area contributed by atoms with Crippen LogP contribution in [-0.2, 0) is 20.7 Å². The predicted octanol–water partition coefficient (Wildman–Crippen LogP) is 1.93. The molecule has 10 heteroatoms. The summed E-state index contributed by atoms with van der Waals surface area (Å²) in [6, 6.07) is 9.04. The van der Waals surface area contributed by atoms with Crippen LogP contribution in [0.5, 0.6) is 5.88 Å². The van der Waals surface area contributed by atoms with Gasteiger partial charge in [0.05, 0.1) is 32.4 Å². The van der Waals surface area contributed by atoms with Crippen LogP contribution in [0.1, 0.15) is 25.0 Å². The van der Waals surface area contributed by atoms with E-state index in [0.717, 1.165) is 50.5 Å². The number of aromatic nitrogens is 1. The van der Waals surface area contributed by atoms with E-state index >= 15 is 0 Å². The number of piperazine rings is 1. The van der Waals surface area contributed by atoms with Gasteiger partial charge < -0.3 is 19.5 Å². The van der Waals surface area contributed by atoms with Gasteiger partial charge >= 0.3 is 0 Å². The van der Waals surface area contributed by atoms with Crippen LogP contribution in [0, 0.1) is 5.82 Å². The van der Waals surface area contributed by atoms with Crippen molar-refractivity contribution in [3.8, 4) is 5.88 Å². The van der Waals surface area contributed by atoms with E-state index in [2.05, 4.69) is 33.9 Å². The van der Waals surface area contributed by atoms with Gasteiger partial charge in [-0.25, -0.2) is 9.37 Å². The SMILES string of the molecule is COC[C@H]1COc2ncc(Cc3ccc(F)cc3)cc2N1C(=O)CN1C[C@@H](C)NC[C@@H]1CN1CCOC[C@H]1C. The van der Waals surface area contributed by atoms with Gasteiger partial charge in [0.25, 0.3) is 0 Å². The molecule has 0 saturated carbocycles. The van der Waals surface area contributed by atoms with Crippen molar-refractivity contribution in [1.82, 2.24) is 20.1 Å². The Hall–Kier alpha value is -2.63. The summed E-state index contributed by atoms with van der Waals surface area (Å²) in [6.07, 6.45) is 2.34. The van der Waals surface area contributed by atoms with Gasteiger partial charge in [-0.15, -0.1) is 0 Å². The predicted molar refractivity (Wildman–Crippen MR) is 147 cm³/mol. The van der Waals surface area contributed by atoms with Gasteiger partial charge in [-0.05, 0) is 49.6 Å². The van der Waals surface area contributed by atoms with Crippen molar-refractivity contribution in [2.75, 3.05) is 71.2 Å². The van der Waals surface area contributed by atoms with Crippen LogP contribution in [0.3, 0.4) is 0 Å². The minimum atomic E-state index is -0.265. The van der Waals surface area contributed by atoms with Crippen LogP contribution in [0.25, 0.3) is 0 Å². The zero-order valence-corrected chi connectivity index (χ0v) is 23.1. The number of fused-ring (bicyclic) bond motifs is 1. The zero-order chi connectivity index (χ0) is 27.4. The number of ether oxygens (including phenoxy) is 3. The second-order valence-electron chi connectivity index (χ2n) is 11.0. The van der Waals surface area contributed by atoms with Gasteiger partial charge in [0.15, 0.2) is 0 Å². The fraction of sp³-hybridized carbons (Fsp3) is 0.586. The van der Waals surface area contributed by atoms with Crippen molar-refractivity contribution < 1.29 is 23.4 Å². The van der Waals surface area contributed by atoms with Crippen molar-refractivity contribution in [2.24, 2.45) is 0 Å². The van der Waals surface area contributed by atoms with Gasteiger partial charge in [0.1, 0.15) is 18.1 Å². The van der Waals surface area contributed by atoms with E-state index in [1.54, 1.807) is 25.4 Å². The molecule has 1 N–H and O–H groups in total. The summed E-state index contributed by atoms with van der Waals surface area (Å²) in [5.74, 6) is 0.195. The van der Waals surface area contributed by atoms with Gasteiger partial charge in [0, 0.05) is 57.6 Å². The third kappa shape index (κ3) is 6.75. The van der Waals surface area contributed by atoms with Crippen LogP contribution in [-0.4, -0.2) is 111 Å². The topological polar surface area (TPSA) is 79.4 Å². The van der Waals surface area contributed by atoms with Crippen LogP contribution < -0.4 is 15.0 Å². The number of anilines is 1. The maximum atomic E-state index is 14.1. The van der Waals surface area contributed by atoms with Crippen molar-refractivity contribution in [3.63, 3.8) is 0 Å². The van der Waals surface area contributed by atoms with E-state index < -0.39 is 0 Å². The van der Waals surface area contributed by atoms with Crippen LogP contribution >= 0.6 is 0 Å². The Labute approximate surface area is 230 Å². The second kappa shape index (κ2) is 12.7. The quantitative estimate of drug-likeness (QED) is 0.544. The number of nitrogens with one attached hydrogen (secondary N) is 1. The lowest BCUT2D eigenvalue weighted by molar-refractivity contribution is -0.122. The highest BCUT2D eigenvalue weighted by Gasteiger charge is 2.37. The molecular formula is C29H40FN5O4. The smallest absolute Gasteiger partial charge is 0.241 e. The molecule has 1 aromatic carbocycles. The highest BCUT2D eigenvalue weighted by atomic mass is 19.1. The number of nitrogens with zero attached hydrogens (tertiary/aromatic N) is 4. The first-order valence-electron chi connectivity index (χ1n) is 13.9. The van der Waals surface area contributed by atoms with Crippen molar-refractivity contribution >= 4 is 11.6 Å². The molecule has 39 heavy (non-hydrogen) atoms. The van der Waals surface area contributed by atoms with E-state index in [0.29, 0.717) is 49.8 Å². The molecule has 3 aliphatic heterocycles. The minimum absolute atomic E-state index is 0.0106. The van der Waals surface area contributed by atoms with Crippen LogP contribution in [0.15, 0.2) is 36.5 Å². The highest BCUT2D eigenvalue weighted by molar-refractivity contribution is 5.97. The Kier molecular flexibility index (Phi) is 9.09. The number of methoxy groups -OCH3 is 1. The van der Waals surface area contributed by atoms with Gasteiger partial charge in [0.2, 0.25) is 11.8 Å². The number of benzene rings is 1. The molecule has 0 bridgehead atoms. The third-order valence-electron chi connectivity index (χ3n) is 7.89. The zero-order valence-electron chi connectivity index (χ0n) is 23.1. The summed E-state index contributed by atoms with van der Waals surface area (Å²) in [4.78, 5) is 25.2. The van der Waals surface area contributed by atoms with E-state index in [-0.39, 0.29) is 23.8 Å². The molecular weight excluding hydrogens is 501 g/mol. The molecule has 1 amide bonds. The lowest BCUT2D eigenvalue weighted by Gasteiger charge is -2.44. The molecule has 3 aliphatic rings. The van der Waals surface area contributed by atoms with Crippen molar-refractivity contribution in [3.05, 3.63) is 53.5 Å². The molecule has 4 atom stereocenters. The summed E-state index contributed by atoms with van der Waals surface area (Å²) in [6.45, 7) is 10.3. The van der Waals surface area contributed by atoms with Crippen LogP contribution in [0.2, 0.25) is 0 Å². The number of rotatable bonds is 8. The molecule has 5 rings (SSSR count). The Morgan fingerprint density at radius 1 is 1.15 bits per heavy atom. The fourth-order valence-electron chi connectivity index (χ4n) is 5.76. The first-order chi connectivity index (χ1) is 18.9. The number of hydrogen-bond donors (Lipinski definition) is 1. The summed E-state index contributed by atoms with van der Waals surface area (Å²) < 4.78 is 30.5. The number of halogens is 1. The summed E-state index contributed by atoms with van der Waals surface area (Å²) in [5, 5.41) is 3.60. The normalized spacial score (nSPS) is 26.2. The van der Waals surface area contributed by atoms with Gasteiger partial charge in [-0.3, -0.25) is 19.5 Å². The molecule has 0 aliphatic carbocycles. The lowest BCUT2D eigenvalue weighted by Crippen LogP contribution is -2.63. The highest BCUT2D eigenvalue weighted by Crippen LogP contribution is 2.34. The molecule has 1 aromatic heterocycles. The molecule has 0 unspecified atom stereocenters. The Balaban J connectivity index is 1.36. The molecule has 4 heterocycles. The van der Waals surface area contributed by atoms with Crippen LogP contribution in [0.4, 0.5) is 10.1 Å². The average Bonchev–Trinajstić information content (AvgIpc) is 2.92. The first-order valence-corrected chi connectivity index (χ1v) is 13.9. The Bertz CT molecular complexity index is 1120. The number of carbonyl (C=O) groups excluding carboxylic acids is 1. The molecule has 212 valence electrons. The number of pyridine rings is 1. The van der Waals surface area contributed by atoms with Gasteiger partial charge in [-0.1, -0.05) is 12.1 Å². The summed E-state index contributed by atoms with van der Waals surface area (Å²) in [7, 11) is 1.64. The number of amides is 1. The third-order valence-corrected chi connectivity index (χ3v) is 7.89. The minimum Gasteiger partial charge on any atom is -0.474 e. The second-order valence-corrected chi connectivity index (χ2v) is 11.0. The van der Waals surface area contributed by atoms with Crippen molar-refractivity contribution in [2.45, 2.75) is 44.4 Å². The molecule has 2 fully saturated rings. The molecule has 9 nitrogen and oxygen atoms in total. The fourth-order valence-corrected chi connectivity index (χ4v) is 5.76. The lowest BCUT2D eigenvalue weighted by atomic mass is 10.0. The number of carbonyl (C=O) groups is 1. The number of hydrogen-bond acceptors (Lipinski definition) is 8. The van der Waals surface area contributed by atoms with E-state index in [4.69, 9.17) is 14.2 Å². The first kappa shape index (κ1) is 27.9. The number of morpholine rings is 1. The Morgan fingerprint density at radius 3 is 2.74 bits per heavy atom. The van der Waals surface area contributed by atoms with E-state index in [1.807, 2.05) is 11.0 Å². The molecule has 2 aromatic rings. The molecule has 0 spiro atoms. The standard InChI is InChI=1S/C29H40FN5O4/c1-20-14-34(25(13-31-20)15-33-8-9-38-17-21(33)2)16-28(36)35-26(18-37-3)19-39-29-27(35)11-23(12-32-29)10-22-4-6-24(30)7-5-22/h4-7,11-12,20-21,25-26,31H,8-10,13-19H2,1-3H3/t20-,21-,25-,26+/m1/s1. The summed E-state index contributed by atoms with van der Waals surface area (Å²) >= 11 is 0. The summed E-state index contributed by atoms with van der Waals surface area (Å²) in [5.41, 5.74) is 2.56. The molecule has 0 radical (unpaired) electrons. The monoisotopic (exact) mass is 541 g/mol. The average molecular weight is 542 g/mol. The maximum Gasteiger partial charge on any atom is 0.241 e. The molecule has 2 saturated heterocycles. The van der Waals surface area contributed by atoms with E-state index in [1.165, 1.54) is 12.1 Å². The Morgan fingerprint density at radius 2 is 1.97 bits per heavy atom.